The molecule has 1 aliphatic heterocycles. The number of aliphatic hydroxyl groups is 3. The molecule has 34 heavy (non-hydrogen) atoms. The zero-order valence-corrected chi connectivity index (χ0v) is 21.8. The van der Waals surface area contributed by atoms with Crippen LogP contribution in [0.4, 0.5) is 0 Å². The molecule has 0 aromatic carbocycles. The van der Waals surface area contributed by atoms with Gasteiger partial charge in [-0.15, -0.1) is 11.3 Å². The van der Waals surface area contributed by atoms with Crippen molar-refractivity contribution in [2.45, 2.75) is 91.6 Å². The number of ether oxygens (including phenoxy) is 1. The van der Waals surface area contributed by atoms with Crippen LogP contribution in [0.2, 0.25) is 0 Å². The molecule has 2 rings (SSSR count). The average molecular weight is 494 g/mol. The Kier molecular flexibility index (Phi) is 10.2. The fourth-order valence-electron chi connectivity index (χ4n) is 4.26. The van der Waals surface area contributed by atoms with Crippen molar-refractivity contribution < 1.29 is 29.6 Å². The summed E-state index contributed by atoms with van der Waals surface area (Å²) in [4.78, 5) is 30.3. The number of esters is 1. The Morgan fingerprint density at radius 1 is 1.24 bits per heavy atom. The smallest absolute Gasteiger partial charge is 0.309 e. The number of hydrogen-bond donors (Lipinski definition) is 3. The van der Waals surface area contributed by atoms with Crippen LogP contribution in [0, 0.1) is 24.2 Å². The van der Waals surface area contributed by atoms with Gasteiger partial charge in [0.25, 0.3) is 0 Å². The molecule has 0 spiro atoms. The lowest BCUT2D eigenvalue weighted by Gasteiger charge is -2.34. The van der Waals surface area contributed by atoms with Crippen LogP contribution >= 0.6 is 11.3 Å². The van der Waals surface area contributed by atoms with Gasteiger partial charge in [0.1, 0.15) is 11.9 Å². The molecule has 0 saturated carbocycles. The van der Waals surface area contributed by atoms with Crippen LogP contribution in [-0.4, -0.2) is 56.5 Å². The third kappa shape index (κ3) is 7.31. The first kappa shape index (κ1) is 28.4. The van der Waals surface area contributed by atoms with Gasteiger partial charge in [0.2, 0.25) is 0 Å². The fraction of sp³-hybridized carbons (Fsp3) is 0.654. The molecule has 1 aromatic rings. The van der Waals surface area contributed by atoms with E-state index in [1.807, 2.05) is 25.3 Å². The molecule has 1 aromatic heterocycles. The molecule has 6 atom stereocenters. The van der Waals surface area contributed by atoms with Gasteiger partial charge >= 0.3 is 5.97 Å². The maximum atomic E-state index is 13.1. The van der Waals surface area contributed by atoms with Gasteiger partial charge in [0.05, 0.1) is 34.7 Å². The second-order valence-electron chi connectivity index (χ2n) is 10.0. The van der Waals surface area contributed by atoms with Crippen molar-refractivity contribution in [1.82, 2.24) is 4.98 Å². The van der Waals surface area contributed by atoms with Gasteiger partial charge < -0.3 is 20.1 Å². The lowest BCUT2D eigenvalue weighted by atomic mass is 9.73. The molecule has 7 nitrogen and oxygen atoms in total. The summed E-state index contributed by atoms with van der Waals surface area (Å²) in [6.07, 6.45) is 2.78. The third-order valence-electron chi connectivity index (χ3n) is 6.73. The minimum absolute atomic E-state index is 0.109. The summed E-state index contributed by atoms with van der Waals surface area (Å²) in [7, 11) is 0. The number of aromatic nitrogens is 1. The first-order chi connectivity index (χ1) is 15.8. The van der Waals surface area contributed by atoms with E-state index in [1.54, 1.807) is 39.8 Å². The summed E-state index contributed by atoms with van der Waals surface area (Å²) < 4.78 is 5.61. The summed E-state index contributed by atoms with van der Waals surface area (Å²) in [6, 6.07) is 0. The third-order valence-corrected chi connectivity index (χ3v) is 7.52. The van der Waals surface area contributed by atoms with Gasteiger partial charge in [-0.1, -0.05) is 39.8 Å². The second kappa shape index (κ2) is 12.2. The van der Waals surface area contributed by atoms with Gasteiger partial charge in [0, 0.05) is 11.3 Å². The van der Waals surface area contributed by atoms with E-state index in [9.17, 15) is 24.9 Å². The van der Waals surface area contributed by atoms with Crippen LogP contribution in [0.15, 0.2) is 23.1 Å². The maximum absolute atomic E-state index is 13.1. The van der Waals surface area contributed by atoms with Crippen molar-refractivity contribution in [2.75, 3.05) is 0 Å². The molecule has 0 radical (unpaired) electrons. The van der Waals surface area contributed by atoms with Crippen molar-refractivity contribution in [1.29, 1.82) is 0 Å². The van der Waals surface area contributed by atoms with Crippen LogP contribution in [0.1, 0.15) is 71.0 Å². The predicted octanol–water partition coefficient (Wildman–Crippen LogP) is 3.85. The van der Waals surface area contributed by atoms with Crippen molar-refractivity contribution >= 4 is 29.2 Å². The van der Waals surface area contributed by atoms with E-state index in [-0.39, 0.29) is 11.7 Å². The molecule has 0 bridgehead atoms. The number of ketones is 1. The number of carbonyl (C=O) groups is 2. The Balaban J connectivity index is 2.34. The van der Waals surface area contributed by atoms with Gasteiger partial charge in [-0.25, -0.2) is 4.98 Å². The molecule has 3 N–H and O–H groups in total. The highest BCUT2D eigenvalue weighted by Gasteiger charge is 2.42. The minimum atomic E-state index is -1.30. The van der Waals surface area contributed by atoms with Crippen molar-refractivity contribution in [2.24, 2.45) is 17.3 Å². The van der Waals surface area contributed by atoms with Gasteiger partial charge in [0.15, 0.2) is 6.10 Å². The topological polar surface area (TPSA) is 117 Å². The average Bonchev–Trinajstić information content (AvgIpc) is 3.18. The summed E-state index contributed by atoms with van der Waals surface area (Å²) in [6.45, 7) is 10.4. The van der Waals surface area contributed by atoms with E-state index in [1.165, 1.54) is 11.3 Å². The summed E-state index contributed by atoms with van der Waals surface area (Å²) in [5, 5.41) is 35.1. The molecule has 2 heterocycles. The van der Waals surface area contributed by atoms with E-state index in [4.69, 9.17) is 4.74 Å². The number of allylic oxidation sites excluding steroid dienone is 1. The highest BCUT2D eigenvalue weighted by Crippen LogP contribution is 2.32. The monoisotopic (exact) mass is 493 g/mol. The number of thiazole rings is 1. The number of cyclic esters (lactones) is 1. The van der Waals surface area contributed by atoms with Gasteiger partial charge in [-0.3, -0.25) is 9.59 Å². The van der Waals surface area contributed by atoms with E-state index in [0.717, 1.165) is 11.4 Å². The standard InChI is InChI=1S/C26H39NO6S/c1-15-10-8-7-9-11-20(28)24(16(2)12-19-14-34-18(4)27-19)33-22(30)13-21(29)26(5,6)25(32)17(3)23(15)31/h9,11-12,14-15,17,20-21,23-24,28-29,31H,7-8,10,13H2,1-6H3/b11-9-,16-12-/t15-,17+,20-,21-,23-,24+/m0/s1. The molecule has 0 saturated heterocycles. The molecular formula is C26H39NO6S. The largest absolute Gasteiger partial charge is 0.455 e. The second-order valence-corrected chi connectivity index (χ2v) is 11.1. The SMILES string of the molecule is C/C(=C/c1csc(C)n1)[C@H]1OC(=O)C[C@H](O)C(C)(C)C(=O)[C@H](C)[C@@H](O)[C@@H](C)CCC/C=C\[C@@H]1O. The highest BCUT2D eigenvalue weighted by atomic mass is 32.1. The van der Waals surface area contributed by atoms with E-state index >= 15 is 0 Å². The van der Waals surface area contributed by atoms with Crippen LogP contribution in [-0.2, 0) is 14.3 Å². The minimum Gasteiger partial charge on any atom is -0.455 e. The molecule has 190 valence electrons. The van der Waals surface area contributed by atoms with Crippen LogP contribution in [0.5, 0.6) is 0 Å². The maximum Gasteiger partial charge on any atom is 0.309 e. The van der Waals surface area contributed by atoms with E-state index < -0.39 is 48.1 Å². The lowest BCUT2D eigenvalue weighted by Crippen LogP contribution is -2.46. The number of aliphatic hydroxyl groups excluding tert-OH is 3. The highest BCUT2D eigenvalue weighted by molar-refractivity contribution is 7.09. The summed E-state index contributed by atoms with van der Waals surface area (Å²) >= 11 is 1.50. The number of aryl methyl sites for hydroxylation is 1. The number of rotatable bonds is 2. The first-order valence-corrected chi connectivity index (χ1v) is 12.8. The lowest BCUT2D eigenvalue weighted by molar-refractivity contribution is -0.157. The number of carbonyl (C=O) groups excluding carboxylic acids is 2. The van der Waals surface area contributed by atoms with Crippen LogP contribution < -0.4 is 0 Å². The van der Waals surface area contributed by atoms with Crippen molar-refractivity contribution in [3.8, 4) is 0 Å². The zero-order chi connectivity index (χ0) is 25.6. The Bertz CT molecular complexity index is 905. The first-order valence-electron chi connectivity index (χ1n) is 11.9. The predicted molar refractivity (Wildman–Crippen MR) is 133 cm³/mol. The Hall–Kier alpha value is -1.87. The quantitative estimate of drug-likeness (QED) is 0.423. The fourth-order valence-corrected chi connectivity index (χ4v) is 4.83. The molecule has 0 unspecified atom stereocenters. The molecule has 1 aliphatic rings. The van der Waals surface area contributed by atoms with E-state index in [2.05, 4.69) is 4.98 Å². The number of nitrogens with zero attached hydrogens (tertiary/aromatic N) is 1. The van der Waals surface area contributed by atoms with Crippen LogP contribution in [0.3, 0.4) is 0 Å². The normalized spacial score (nSPS) is 33.4. The Labute approximate surface area is 206 Å². The number of Topliss-reactive ketones (excluding diaryl/α,β-unsaturated/α-hetero) is 1. The van der Waals surface area contributed by atoms with Crippen LogP contribution in [0.25, 0.3) is 6.08 Å². The molecule has 8 heteroatoms. The summed E-state index contributed by atoms with van der Waals surface area (Å²) in [5.41, 5.74) is 0.0764. The molecule has 0 fully saturated rings. The van der Waals surface area contributed by atoms with Crippen molar-refractivity contribution in [3.05, 3.63) is 33.8 Å². The number of hydrogen-bond acceptors (Lipinski definition) is 8. The summed E-state index contributed by atoms with van der Waals surface area (Å²) in [5.74, 6) is -1.81. The van der Waals surface area contributed by atoms with Gasteiger partial charge in [-0.05, 0) is 50.7 Å². The van der Waals surface area contributed by atoms with Crippen molar-refractivity contribution in [3.63, 3.8) is 0 Å². The Morgan fingerprint density at radius 2 is 1.91 bits per heavy atom. The molecule has 0 amide bonds. The molecule has 0 aliphatic carbocycles. The Morgan fingerprint density at radius 3 is 2.53 bits per heavy atom. The zero-order valence-electron chi connectivity index (χ0n) is 21.0. The van der Waals surface area contributed by atoms with E-state index in [0.29, 0.717) is 24.1 Å². The molecular weight excluding hydrogens is 454 g/mol. The van der Waals surface area contributed by atoms with Gasteiger partial charge in [-0.2, -0.15) is 0 Å².